The highest BCUT2D eigenvalue weighted by molar-refractivity contribution is 7.99. The van der Waals surface area contributed by atoms with E-state index in [-0.39, 0.29) is 29.9 Å². The van der Waals surface area contributed by atoms with Crippen molar-refractivity contribution in [2.75, 3.05) is 62.6 Å². The Bertz CT molecular complexity index is 799. The van der Waals surface area contributed by atoms with Crippen LogP contribution < -0.4 is 5.32 Å². The van der Waals surface area contributed by atoms with Crippen molar-refractivity contribution in [3.8, 4) is 0 Å². The molecule has 2 unspecified atom stereocenters. The lowest BCUT2D eigenvalue weighted by Gasteiger charge is -2.39. The van der Waals surface area contributed by atoms with Crippen LogP contribution in [0.25, 0.3) is 0 Å². The molecule has 3 saturated heterocycles. The van der Waals surface area contributed by atoms with Gasteiger partial charge >= 0.3 is 0 Å². The van der Waals surface area contributed by atoms with E-state index >= 15 is 0 Å². The van der Waals surface area contributed by atoms with Gasteiger partial charge in [-0.15, -0.1) is 0 Å². The second kappa shape index (κ2) is 11.7. The van der Waals surface area contributed by atoms with Crippen LogP contribution in [0.3, 0.4) is 0 Å². The van der Waals surface area contributed by atoms with Crippen LogP contribution >= 0.6 is 11.8 Å². The predicted molar refractivity (Wildman–Crippen MR) is 133 cm³/mol. The zero-order chi connectivity index (χ0) is 23.2. The van der Waals surface area contributed by atoms with E-state index in [1.54, 1.807) is 0 Å². The van der Waals surface area contributed by atoms with E-state index in [1.165, 1.54) is 17.1 Å². The molecule has 2 atom stereocenters. The van der Waals surface area contributed by atoms with Crippen LogP contribution in [0.15, 0.2) is 24.3 Å². The van der Waals surface area contributed by atoms with E-state index in [4.69, 9.17) is 4.74 Å². The van der Waals surface area contributed by atoms with E-state index in [0.717, 1.165) is 51.3 Å². The van der Waals surface area contributed by atoms with Crippen LogP contribution in [0.4, 0.5) is 5.69 Å². The van der Waals surface area contributed by atoms with Crippen LogP contribution in [-0.2, 0) is 20.9 Å². The van der Waals surface area contributed by atoms with Crippen LogP contribution in [0.1, 0.15) is 32.3 Å². The molecule has 3 fully saturated rings. The molecular formula is C25H38N4O3S. The maximum absolute atomic E-state index is 13.0. The summed E-state index contributed by atoms with van der Waals surface area (Å²) < 4.78 is 5.76. The van der Waals surface area contributed by atoms with Crippen LogP contribution in [-0.4, -0.2) is 96.0 Å². The molecule has 182 valence electrons. The molecule has 0 aliphatic carbocycles. The van der Waals surface area contributed by atoms with Gasteiger partial charge < -0.3 is 15.0 Å². The van der Waals surface area contributed by atoms with Gasteiger partial charge in [-0.3, -0.25) is 19.4 Å². The molecule has 0 bridgehead atoms. The van der Waals surface area contributed by atoms with Gasteiger partial charge in [-0.1, -0.05) is 12.1 Å². The van der Waals surface area contributed by atoms with E-state index < -0.39 is 0 Å². The average Bonchev–Trinajstić information content (AvgIpc) is 2.79. The lowest BCUT2D eigenvalue weighted by molar-refractivity contribution is -0.148. The molecule has 1 aromatic carbocycles. The Balaban J connectivity index is 1.21. The maximum Gasteiger partial charge on any atom is 0.238 e. The van der Waals surface area contributed by atoms with E-state index in [2.05, 4.69) is 27.2 Å². The topological polar surface area (TPSA) is 65.1 Å². The minimum Gasteiger partial charge on any atom is -0.372 e. The van der Waals surface area contributed by atoms with Crippen molar-refractivity contribution in [3.05, 3.63) is 29.8 Å². The predicted octanol–water partition coefficient (Wildman–Crippen LogP) is 2.52. The zero-order valence-corrected chi connectivity index (χ0v) is 20.8. The Morgan fingerprint density at radius 1 is 1.03 bits per heavy atom. The fourth-order valence-electron chi connectivity index (χ4n) is 5.12. The Kier molecular flexibility index (Phi) is 8.68. The van der Waals surface area contributed by atoms with E-state index in [9.17, 15) is 9.59 Å². The summed E-state index contributed by atoms with van der Waals surface area (Å²) in [5, 5.41) is 3.07. The monoisotopic (exact) mass is 474 g/mol. The first-order valence-electron chi connectivity index (χ1n) is 12.3. The van der Waals surface area contributed by atoms with Gasteiger partial charge in [0, 0.05) is 55.8 Å². The second-order valence-corrected chi connectivity index (χ2v) is 10.9. The third-order valence-corrected chi connectivity index (χ3v) is 7.70. The first kappa shape index (κ1) is 24.5. The number of rotatable bonds is 6. The Labute approximate surface area is 202 Å². The molecule has 1 aromatic rings. The summed E-state index contributed by atoms with van der Waals surface area (Å²) in [6.07, 6.45) is 1.82. The standard InChI is InChI=1S/C25H38N4O3S/c1-19-15-29(16-20(2)32-19)25(31)22-6-8-27(9-7-22)18-24(30)26-23-5-3-4-21(14-23)17-28-10-12-33-13-11-28/h3-5,14,19-20,22H,6-13,15-18H2,1-2H3,(H,26,30). The number of piperidine rings is 1. The fraction of sp³-hybridized carbons (Fsp3) is 0.680. The van der Waals surface area contributed by atoms with E-state index in [0.29, 0.717) is 19.6 Å². The molecule has 7 nitrogen and oxygen atoms in total. The van der Waals surface area contributed by atoms with Crippen molar-refractivity contribution in [3.63, 3.8) is 0 Å². The average molecular weight is 475 g/mol. The third-order valence-electron chi connectivity index (χ3n) is 6.76. The van der Waals surface area contributed by atoms with Crippen molar-refractivity contribution in [2.24, 2.45) is 5.92 Å². The Hall–Kier alpha value is -1.61. The van der Waals surface area contributed by atoms with Crippen molar-refractivity contribution in [1.29, 1.82) is 0 Å². The molecule has 1 N–H and O–H groups in total. The van der Waals surface area contributed by atoms with Crippen molar-refractivity contribution in [2.45, 2.75) is 45.4 Å². The Morgan fingerprint density at radius 2 is 1.73 bits per heavy atom. The number of amides is 2. The van der Waals surface area contributed by atoms with Crippen LogP contribution in [0, 0.1) is 5.92 Å². The van der Waals surface area contributed by atoms with Gasteiger partial charge in [-0.25, -0.2) is 0 Å². The number of anilines is 1. The lowest BCUT2D eigenvalue weighted by atomic mass is 9.94. The number of carbonyl (C=O) groups is 2. The minimum atomic E-state index is 0.0159. The molecule has 8 heteroatoms. The highest BCUT2D eigenvalue weighted by Gasteiger charge is 2.32. The number of hydrogen-bond acceptors (Lipinski definition) is 6. The van der Waals surface area contributed by atoms with Gasteiger partial charge in [-0.2, -0.15) is 11.8 Å². The summed E-state index contributed by atoms with van der Waals surface area (Å²) in [6.45, 7) is 10.6. The molecule has 0 aromatic heterocycles. The number of thioether (sulfide) groups is 1. The van der Waals surface area contributed by atoms with Crippen LogP contribution in [0.2, 0.25) is 0 Å². The van der Waals surface area contributed by atoms with Gasteiger partial charge in [0.25, 0.3) is 0 Å². The molecule has 0 spiro atoms. The lowest BCUT2D eigenvalue weighted by Crippen LogP contribution is -2.51. The molecule has 3 aliphatic heterocycles. The number of nitrogens with zero attached hydrogens (tertiary/aromatic N) is 3. The number of carbonyl (C=O) groups excluding carboxylic acids is 2. The van der Waals surface area contributed by atoms with Crippen molar-refractivity contribution in [1.82, 2.24) is 14.7 Å². The summed E-state index contributed by atoms with van der Waals surface area (Å²) in [5.74, 6) is 2.73. The number of likely N-dealkylation sites (tertiary alicyclic amines) is 1. The Morgan fingerprint density at radius 3 is 2.42 bits per heavy atom. The summed E-state index contributed by atoms with van der Waals surface area (Å²) in [5.41, 5.74) is 2.11. The number of hydrogen-bond donors (Lipinski definition) is 1. The van der Waals surface area contributed by atoms with Gasteiger partial charge in [0.1, 0.15) is 0 Å². The molecule has 0 radical (unpaired) electrons. The molecule has 4 rings (SSSR count). The molecule has 3 heterocycles. The molecule has 0 saturated carbocycles. The summed E-state index contributed by atoms with van der Waals surface area (Å²) in [7, 11) is 0. The maximum atomic E-state index is 13.0. The molecule has 3 aliphatic rings. The first-order chi connectivity index (χ1) is 16.0. The van der Waals surface area contributed by atoms with Gasteiger partial charge in [-0.05, 0) is 57.5 Å². The summed E-state index contributed by atoms with van der Waals surface area (Å²) in [6, 6.07) is 8.21. The van der Waals surface area contributed by atoms with Gasteiger partial charge in [0.15, 0.2) is 0 Å². The number of morpholine rings is 1. The minimum absolute atomic E-state index is 0.0159. The smallest absolute Gasteiger partial charge is 0.238 e. The summed E-state index contributed by atoms with van der Waals surface area (Å²) >= 11 is 2.02. The molecule has 2 amide bonds. The quantitative estimate of drug-likeness (QED) is 0.684. The first-order valence-corrected chi connectivity index (χ1v) is 13.5. The fourth-order valence-corrected chi connectivity index (χ4v) is 6.10. The van der Waals surface area contributed by atoms with Gasteiger partial charge in [0.2, 0.25) is 11.8 Å². The molecular weight excluding hydrogens is 436 g/mol. The highest BCUT2D eigenvalue weighted by Crippen LogP contribution is 2.22. The van der Waals surface area contributed by atoms with Crippen molar-refractivity contribution < 1.29 is 14.3 Å². The number of ether oxygens (including phenoxy) is 1. The zero-order valence-electron chi connectivity index (χ0n) is 20.0. The summed E-state index contributed by atoms with van der Waals surface area (Å²) in [4.78, 5) is 32.2. The van der Waals surface area contributed by atoms with Gasteiger partial charge in [0.05, 0.1) is 18.8 Å². The largest absolute Gasteiger partial charge is 0.372 e. The number of benzene rings is 1. The normalized spacial score (nSPS) is 25.7. The number of nitrogens with one attached hydrogen (secondary N) is 1. The second-order valence-electron chi connectivity index (χ2n) is 9.69. The van der Waals surface area contributed by atoms with Crippen LogP contribution in [0.5, 0.6) is 0 Å². The third kappa shape index (κ3) is 7.18. The van der Waals surface area contributed by atoms with Crippen molar-refractivity contribution >= 4 is 29.3 Å². The van der Waals surface area contributed by atoms with E-state index in [1.807, 2.05) is 42.6 Å². The highest BCUT2D eigenvalue weighted by atomic mass is 32.2. The SMILES string of the molecule is CC1CN(C(=O)C2CCN(CC(=O)Nc3cccc(CN4CCSCC4)c3)CC2)CC(C)O1. The molecule has 33 heavy (non-hydrogen) atoms.